The van der Waals surface area contributed by atoms with Crippen molar-refractivity contribution in [2.45, 2.75) is 32.9 Å². The lowest BCUT2D eigenvalue weighted by molar-refractivity contribution is -0.136. The summed E-state index contributed by atoms with van der Waals surface area (Å²) in [6, 6.07) is 17.7. The lowest BCUT2D eigenvalue weighted by Gasteiger charge is -2.30. The molecule has 0 unspecified atom stereocenters. The van der Waals surface area contributed by atoms with E-state index in [1.54, 1.807) is 29.2 Å². The van der Waals surface area contributed by atoms with E-state index >= 15 is 0 Å². The zero-order valence-corrected chi connectivity index (χ0v) is 18.9. The summed E-state index contributed by atoms with van der Waals surface area (Å²) in [6.07, 6.45) is -0.246. The Balaban J connectivity index is 1.65. The summed E-state index contributed by atoms with van der Waals surface area (Å²) < 4.78 is 26.0. The highest BCUT2D eigenvalue weighted by Crippen LogP contribution is 2.38. The molecular formula is C27H26FNO5. The Labute approximate surface area is 197 Å². The molecule has 34 heavy (non-hydrogen) atoms. The third-order valence-electron chi connectivity index (χ3n) is 5.81. The van der Waals surface area contributed by atoms with Crippen LogP contribution in [0.2, 0.25) is 0 Å². The van der Waals surface area contributed by atoms with Crippen molar-refractivity contribution in [1.29, 1.82) is 0 Å². The van der Waals surface area contributed by atoms with Gasteiger partial charge in [-0.1, -0.05) is 42.5 Å². The van der Waals surface area contributed by atoms with Crippen LogP contribution in [-0.4, -0.2) is 35.2 Å². The van der Waals surface area contributed by atoms with Gasteiger partial charge in [0.2, 0.25) is 0 Å². The smallest absolute Gasteiger partial charge is 0.410 e. The molecule has 0 fully saturated rings. The SMILES string of the molecule is CCOc1ccc(CC(=O)O)cc1-c1ccc(F)c2c1CN(C(=O)OCc1ccccc1)CC2. The monoisotopic (exact) mass is 463 g/mol. The van der Waals surface area contributed by atoms with Crippen LogP contribution in [0.1, 0.15) is 29.2 Å². The molecule has 0 spiro atoms. The number of halogens is 1. The molecule has 4 rings (SSSR count). The van der Waals surface area contributed by atoms with Crippen molar-refractivity contribution in [2.24, 2.45) is 0 Å². The summed E-state index contributed by atoms with van der Waals surface area (Å²) in [5, 5.41) is 9.22. The molecule has 7 heteroatoms. The van der Waals surface area contributed by atoms with Gasteiger partial charge in [0, 0.05) is 18.7 Å². The second-order valence-corrected chi connectivity index (χ2v) is 8.10. The van der Waals surface area contributed by atoms with Gasteiger partial charge in [-0.05, 0) is 59.4 Å². The van der Waals surface area contributed by atoms with E-state index in [1.165, 1.54) is 6.07 Å². The maximum absolute atomic E-state index is 14.7. The van der Waals surface area contributed by atoms with Gasteiger partial charge >= 0.3 is 12.1 Å². The van der Waals surface area contributed by atoms with E-state index in [-0.39, 0.29) is 25.4 Å². The third-order valence-corrected chi connectivity index (χ3v) is 5.81. The fourth-order valence-electron chi connectivity index (χ4n) is 4.20. The number of hydrogen-bond acceptors (Lipinski definition) is 4. The van der Waals surface area contributed by atoms with Crippen LogP contribution in [0.4, 0.5) is 9.18 Å². The Morgan fingerprint density at radius 1 is 1.00 bits per heavy atom. The van der Waals surface area contributed by atoms with Crippen LogP contribution in [0, 0.1) is 5.82 Å². The predicted octanol–water partition coefficient (Wildman–Crippen LogP) is 5.21. The fraction of sp³-hybridized carbons (Fsp3) is 0.259. The van der Waals surface area contributed by atoms with E-state index in [9.17, 15) is 19.1 Å². The van der Waals surface area contributed by atoms with E-state index in [2.05, 4.69) is 0 Å². The van der Waals surface area contributed by atoms with Crippen LogP contribution in [0.3, 0.4) is 0 Å². The van der Waals surface area contributed by atoms with Gasteiger partial charge in [-0.15, -0.1) is 0 Å². The van der Waals surface area contributed by atoms with Crippen molar-refractivity contribution in [3.8, 4) is 16.9 Å². The molecule has 1 aliphatic heterocycles. The highest BCUT2D eigenvalue weighted by Gasteiger charge is 2.27. The number of carboxylic acids is 1. The number of rotatable bonds is 7. The summed E-state index contributed by atoms with van der Waals surface area (Å²) in [4.78, 5) is 25.6. The van der Waals surface area contributed by atoms with Crippen molar-refractivity contribution >= 4 is 12.1 Å². The minimum atomic E-state index is -0.941. The molecule has 3 aromatic carbocycles. The Hall–Kier alpha value is -3.87. The molecule has 0 aromatic heterocycles. The Bertz CT molecular complexity index is 1200. The van der Waals surface area contributed by atoms with Gasteiger partial charge < -0.3 is 19.5 Å². The largest absolute Gasteiger partial charge is 0.493 e. The van der Waals surface area contributed by atoms with Gasteiger partial charge in [0.05, 0.1) is 13.0 Å². The first-order chi connectivity index (χ1) is 16.5. The van der Waals surface area contributed by atoms with Gasteiger partial charge in [-0.3, -0.25) is 4.79 Å². The lowest BCUT2D eigenvalue weighted by atomic mass is 9.89. The van der Waals surface area contributed by atoms with Crippen LogP contribution < -0.4 is 4.74 Å². The first-order valence-corrected chi connectivity index (χ1v) is 11.2. The maximum Gasteiger partial charge on any atom is 0.410 e. The van der Waals surface area contributed by atoms with Crippen LogP contribution >= 0.6 is 0 Å². The third kappa shape index (κ3) is 5.20. The van der Waals surface area contributed by atoms with E-state index in [4.69, 9.17) is 9.47 Å². The lowest BCUT2D eigenvalue weighted by Crippen LogP contribution is -2.37. The molecule has 0 aliphatic carbocycles. The van der Waals surface area contributed by atoms with Gasteiger partial charge in [0.25, 0.3) is 0 Å². The van der Waals surface area contributed by atoms with E-state index in [0.717, 1.165) is 5.56 Å². The molecule has 0 saturated carbocycles. The first kappa shape index (κ1) is 23.3. The topological polar surface area (TPSA) is 76.1 Å². The van der Waals surface area contributed by atoms with Gasteiger partial charge in [0.1, 0.15) is 18.2 Å². The number of ether oxygens (including phenoxy) is 2. The normalized spacial score (nSPS) is 12.7. The van der Waals surface area contributed by atoms with Crippen LogP contribution in [0.25, 0.3) is 11.1 Å². The van der Waals surface area contributed by atoms with Crippen molar-refractivity contribution in [2.75, 3.05) is 13.2 Å². The number of amides is 1. The van der Waals surface area contributed by atoms with Crippen molar-refractivity contribution in [3.63, 3.8) is 0 Å². The molecule has 0 saturated heterocycles. The quantitative estimate of drug-likeness (QED) is 0.520. The van der Waals surface area contributed by atoms with Crippen LogP contribution in [0.5, 0.6) is 5.75 Å². The molecule has 3 aromatic rings. The molecular weight excluding hydrogens is 437 g/mol. The highest BCUT2D eigenvalue weighted by atomic mass is 19.1. The number of nitrogens with zero attached hydrogens (tertiary/aromatic N) is 1. The molecule has 0 radical (unpaired) electrons. The van der Waals surface area contributed by atoms with Crippen LogP contribution in [0.15, 0.2) is 60.7 Å². The number of carbonyl (C=O) groups is 2. The average molecular weight is 464 g/mol. The summed E-state index contributed by atoms with van der Waals surface area (Å²) in [5.74, 6) is -0.687. The van der Waals surface area contributed by atoms with Crippen molar-refractivity contribution in [1.82, 2.24) is 4.90 Å². The predicted molar refractivity (Wildman–Crippen MR) is 125 cm³/mol. The van der Waals surface area contributed by atoms with E-state index < -0.39 is 12.1 Å². The molecule has 1 amide bonds. The second kappa shape index (κ2) is 10.4. The highest BCUT2D eigenvalue weighted by molar-refractivity contribution is 5.78. The number of benzene rings is 3. The summed E-state index contributed by atoms with van der Waals surface area (Å²) in [5.41, 5.74) is 4.12. The Kier molecular flexibility index (Phi) is 7.11. The molecule has 0 atom stereocenters. The number of hydrogen-bond donors (Lipinski definition) is 1. The zero-order chi connectivity index (χ0) is 24.1. The number of fused-ring (bicyclic) bond motifs is 1. The zero-order valence-electron chi connectivity index (χ0n) is 18.9. The average Bonchev–Trinajstić information content (AvgIpc) is 2.84. The number of carboxylic acid groups (broad SMARTS) is 1. The fourth-order valence-corrected chi connectivity index (χ4v) is 4.20. The second-order valence-electron chi connectivity index (χ2n) is 8.10. The van der Waals surface area contributed by atoms with E-state index in [0.29, 0.717) is 53.1 Å². The minimum absolute atomic E-state index is 0.138. The molecule has 6 nitrogen and oxygen atoms in total. The van der Waals surface area contributed by atoms with Crippen molar-refractivity contribution < 1.29 is 28.6 Å². The van der Waals surface area contributed by atoms with Crippen molar-refractivity contribution in [3.05, 3.63) is 88.7 Å². The number of aliphatic carboxylic acids is 1. The first-order valence-electron chi connectivity index (χ1n) is 11.2. The summed E-state index contributed by atoms with van der Waals surface area (Å²) in [7, 11) is 0. The van der Waals surface area contributed by atoms with E-state index in [1.807, 2.05) is 37.3 Å². The molecule has 1 N–H and O–H groups in total. The van der Waals surface area contributed by atoms with Gasteiger partial charge in [-0.25, -0.2) is 9.18 Å². The minimum Gasteiger partial charge on any atom is -0.493 e. The number of carbonyl (C=O) groups excluding carboxylic acids is 1. The maximum atomic E-state index is 14.7. The standard InChI is InChI=1S/C27H26FNO5/c1-2-33-25-11-8-19(15-26(30)31)14-22(25)20-9-10-24(28)21-12-13-29(16-23(20)21)27(32)34-17-18-6-4-3-5-7-18/h3-11,14H,2,12-13,15-17H2,1H3,(H,30,31). The molecule has 0 bridgehead atoms. The Morgan fingerprint density at radius 2 is 1.79 bits per heavy atom. The van der Waals surface area contributed by atoms with Crippen LogP contribution in [-0.2, 0) is 35.5 Å². The van der Waals surface area contributed by atoms with Gasteiger partial charge in [-0.2, -0.15) is 0 Å². The Morgan fingerprint density at radius 3 is 2.53 bits per heavy atom. The summed E-state index contributed by atoms with van der Waals surface area (Å²) in [6.45, 7) is 2.97. The molecule has 1 heterocycles. The summed E-state index contributed by atoms with van der Waals surface area (Å²) >= 11 is 0. The van der Waals surface area contributed by atoms with Gasteiger partial charge in [0.15, 0.2) is 0 Å². The molecule has 1 aliphatic rings. The molecule has 176 valence electrons.